The second-order valence-corrected chi connectivity index (χ2v) is 3.29. The zero-order valence-corrected chi connectivity index (χ0v) is 9.86. The number of carbonyl (C=O) groups is 1. The van der Waals surface area contributed by atoms with Gasteiger partial charge in [0.2, 0.25) is 5.17 Å². The molecule has 0 heterocycles. The number of nitriles is 1. The van der Waals surface area contributed by atoms with Gasteiger partial charge in [-0.1, -0.05) is 17.7 Å². The van der Waals surface area contributed by atoms with Gasteiger partial charge in [0.1, 0.15) is 0 Å². The second kappa shape index (κ2) is 6.51. The van der Waals surface area contributed by atoms with Crippen LogP contribution in [-0.4, -0.2) is 17.7 Å². The summed E-state index contributed by atoms with van der Waals surface area (Å²) in [5, 5.41) is 12.0. The lowest BCUT2D eigenvalue weighted by Gasteiger charge is -2.02. The molecule has 0 amide bonds. The first-order valence-electron chi connectivity index (χ1n) is 4.84. The maximum Gasteiger partial charge on any atom is 0.370 e. The molecule has 0 unspecified atom stereocenters. The summed E-state index contributed by atoms with van der Waals surface area (Å²) in [6.07, 6.45) is 0. The molecule has 88 valence electrons. The van der Waals surface area contributed by atoms with Crippen molar-refractivity contribution < 1.29 is 9.53 Å². The number of rotatable bonds is 4. The fourth-order valence-electron chi connectivity index (χ4n) is 1.01. The van der Waals surface area contributed by atoms with Gasteiger partial charge in [0, 0.05) is 0 Å². The second-order valence-electron chi connectivity index (χ2n) is 2.93. The standard InChI is InChI=1S/C11H10ClN3O2/c1-2-17-11(16)10(12)15-14-9-5-3-4-8(6-9)7-13/h3-6,14H,2H2,1H3. The smallest absolute Gasteiger partial charge is 0.370 e. The van der Waals surface area contributed by atoms with Crippen LogP contribution in [0.3, 0.4) is 0 Å². The van der Waals surface area contributed by atoms with Gasteiger partial charge in [-0.05, 0) is 25.1 Å². The van der Waals surface area contributed by atoms with Gasteiger partial charge in [0.05, 0.1) is 23.9 Å². The third-order valence-corrected chi connectivity index (χ3v) is 1.96. The molecule has 1 rings (SSSR count). The molecule has 1 aromatic rings. The van der Waals surface area contributed by atoms with Crippen molar-refractivity contribution >= 4 is 28.4 Å². The van der Waals surface area contributed by atoms with Crippen LogP contribution >= 0.6 is 11.6 Å². The number of esters is 1. The van der Waals surface area contributed by atoms with Crippen molar-refractivity contribution in [3.8, 4) is 6.07 Å². The number of hydrogen-bond acceptors (Lipinski definition) is 5. The van der Waals surface area contributed by atoms with E-state index in [2.05, 4.69) is 15.3 Å². The van der Waals surface area contributed by atoms with E-state index in [-0.39, 0.29) is 11.8 Å². The van der Waals surface area contributed by atoms with Crippen LogP contribution in [0.5, 0.6) is 0 Å². The van der Waals surface area contributed by atoms with Crippen LogP contribution in [0.4, 0.5) is 5.69 Å². The van der Waals surface area contributed by atoms with Crippen LogP contribution < -0.4 is 5.43 Å². The molecule has 0 radical (unpaired) electrons. The molecule has 17 heavy (non-hydrogen) atoms. The highest BCUT2D eigenvalue weighted by Crippen LogP contribution is 2.09. The monoisotopic (exact) mass is 251 g/mol. The summed E-state index contributed by atoms with van der Waals surface area (Å²) in [6.45, 7) is 1.90. The van der Waals surface area contributed by atoms with Gasteiger partial charge >= 0.3 is 5.97 Å². The highest BCUT2D eigenvalue weighted by molar-refractivity contribution is 6.82. The predicted molar refractivity (Wildman–Crippen MR) is 64.7 cm³/mol. The number of ether oxygens (including phenoxy) is 1. The number of carbonyl (C=O) groups excluding carboxylic acids is 1. The molecule has 0 saturated carbocycles. The summed E-state index contributed by atoms with van der Waals surface area (Å²) in [4.78, 5) is 11.1. The zero-order chi connectivity index (χ0) is 12.7. The first-order chi connectivity index (χ1) is 8.17. The minimum atomic E-state index is -0.696. The number of nitrogens with zero attached hydrogens (tertiary/aromatic N) is 2. The van der Waals surface area contributed by atoms with Gasteiger partial charge in [-0.25, -0.2) is 4.79 Å². The lowest BCUT2D eigenvalue weighted by Crippen LogP contribution is -2.13. The SMILES string of the molecule is CCOC(=O)C(Cl)=NNc1cccc(C#N)c1. The molecule has 0 spiro atoms. The van der Waals surface area contributed by atoms with Gasteiger partial charge in [0.25, 0.3) is 0 Å². The van der Waals surface area contributed by atoms with E-state index < -0.39 is 5.97 Å². The average Bonchev–Trinajstić information content (AvgIpc) is 2.36. The van der Waals surface area contributed by atoms with Crippen molar-refractivity contribution in [1.82, 2.24) is 0 Å². The van der Waals surface area contributed by atoms with E-state index in [0.29, 0.717) is 11.3 Å². The van der Waals surface area contributed by atoms with E-state index in [4.69, 9.17) is 16.9 Å². The maximum atomic E-state index is 11.1. The number of anilines is 1. The molecule has 0 fully saturated rings. The van der Waals surface area contributed by atoms with Gasteiger partial charge in [-0.15, -0.1) is 0 Å². The zero-order valence-electron chi connectivity index (χ0n) is 9.11. The first-order valence-corrected chi connectivity index (χ1v) is 5.21. The molecule has 0 bridgehead atoms. The van der Waals surface area contributed by atoms with Crippen molar-refractivity contribution in [2.24, 2.45) is 5.10 Å². The molecule has 0 aliphatic carbocycles. The third-order valence-electron chi connectivity index (χ3n) is 1.72. The quantitative estimate of drug-likeness (QED) is 0.505. The van der Waals surface area contributed by atoms with Gasteiger partial charge in [-0.3, -0.25) is 5.43 Å². The highest BCUT2D eigenvalue weighted by atomic mass is 35.5. The Morgan fingerprint density at radius 3 is 3.06 bits per heavy atom. The normalized spacial score (nSPS) is 10.5. The van der Waals surface area contributed by atoms with Crippen molar-refractivity contribution in [2.45, 2.75) is 6.92 Å². The van der Waals surface area contributed by atoms with Crippen LogP contribution in [0.25, 0.3) is 0 Å². The molecule has 0 aliphatic rings. The molecule has 0 aliphatic heterocycles. The summed E-state index contributed by atoms with van der Waals surface area (Å²) in [7, 11) is 0. The van der Waals surface area contributed by atoms with Crippen LogP contribution in [0.15, 0.2) is 29.4 Å². The molecule has 1 N–H and O–H groups in total. The molecule has 0 atom stereocenters. The Bertz CT molecular complexity index is 480. The van der Waals surface area contributed by atoms with E-state index in [1.54, 1.807) is 31.2 Å². The minimum Gasteiger partial charge on any atom is -0.461 e. The molecule has 0 aromatic heterocycles. The van der Waals surface area contributed by atoms with E-state index in [1.165, 1.54) is 0 Å². The van der Waals surface area contributed by atoms with Crippen LogP contribution in [0.2, 0.25) is 0 Å². The topological polar surface area (TPSA) is 74.5 Å². The Hall–Kier alpha value is -2.06. The van der Waals surface area contributed by atoms with Crippen LogP contribution in [0, 0.1) is 11.3 Å². The lowest BCUT2D eigenvalue weighted by molar-refractivity contribution is -0.134. The summed E-state index contributed by atoms with van der Waals surface area (Å²) in [5.41, 5.74) is 3.61. The first kappa shape index (κ1) is 13.0. The molecule has 5 nitrogen and oxygen atoms in total. The van der Waals surface area contributed by atoms with Gasteiger partial charge in [-0.2, -0.15) is 10.4 Å². The summed E-state index contributed by atoms with van der Waals surface area (Å²) >= 11 is 5.58. The summed E-state index contributed by atoms with van der Waals surface area (Å²) < 4.78 is 4.64. The van der Waals surface area contributed by atoms with Crippen molar-refractivity contribution in [2.75, 3.05) is 12.0 Å². The Labute approximate surface area is 104 Å². The fourth-order valence-corrected chi connectivity index (χ4v) is 1.11. The van der Waals surface area contributed by atoms with E-state index in [1.807, 2.05) is 6.07 Å². The number of halogens is 1. The van der Waals surface area contributed by atoms with Crippen molar-refractivity contribution in [1.29, 1.82) is 5.26 Å². The third kappa shape index (κ3) is 4.13. The van der Waals surface area contributed by atoms with E-state index >= 15 is 0 Å². The Morgan fingerprint density at radius 2 is 2.41 bits per heavy atom. The summed E-state index contributed by atoms with van der Waals surface area (Å²) in [5.74, 6) is -0.696. The average molecular weight is 252 g/mol. The van der Waals surface area contributed by atoms with Gasteiger partial charge in [0.15, 0.2) is 0 Å². The van der Waals surface area contributed by atoms with Crippen molar-refractivity contribution in [3.05, 3.63) is 29.8 Å². The largest absolute Gasteiger partial charge is 0.461 e. The Morgan fingerprint density at radius 1 is 1.65 bits per heavy atom. The fraction of sp³-hybridized carbons (Fsp3) is 0.182. The highest BCUT2D eigenvalue weighted by Gasteiger charge is 2.08. The molecular formula is C11H10ClN3O2. The van der Waals surface area contributed by atoms with E-state index in [0.717, 1.165) is 0 Å². The van der Waals surface area contributed by atoms with Crippen molar-refractivity contribution in [3.63, 3.8) is 0 Å². The maximum absolute atomic E-state index is 11.1. The minimum absolute atomic E-state index is 0.231. The number of nitrogens with one attached hydrogen (secondary N) is 1. The molecule has 6 heteroatoms. The van der Waals surface area contributed by atoms with E-state index in [9.17, 15) is 4.79 Å². The Kier molecular flexibility index (Phi) is 4.98. The summed E-state index contributed by atoms with van der Waals surface area (Å²) in [6, 6.07) is 8.61. The number of benzene rings is 1. The predicted octanol–water partition coefficient (Wildman–Crippen LogP) is 2.09. The lowest BCUT2D eigenvalue weighted by atomic mass is 10.2. The molecular weight excluding hydrogens is 242 g/mol. The Balaban J connectivity index is 2.69. The van der Waals surface area contributed by atoms with Crippen LogP contribution in [-0.2, 0) is 9.53 Å². The van der Waals surface area contributed by atoms with Crippen LogP contribution in [0.1, 0.15) is 12.5 Å². The molecule has 0 saturated heterocycles. The number of hydrazone groups is 1. The molecule has 1 aromatic carbocycles. The number of hydrogen-bond donors (Lipinski definition) is 1. The van der Waals surface area contributed by atoms with Gasteiger partial charge < -0.3 is 4.74 Å².